The number of aryl methyl sites for hydroxylation is 3. The molecule has 0 aliphatic heterocycles. The average molecular weight is 303 g/mol. The molecule has 0 aliphatic carbocycles. The SMILES string of the molecule is Cc1cc(C(=O)NNC(=O)COc2ccc(C)c(C)c2)on1. The summed E-state index contributed by atoms with van der Waals surface area (Å²) in [5, 5.41) is 3.58. The lowest BCUT2D eigenvalue weighted by molar-refractivity contribution is -0.123. The number of rotatable bonds is 4. The van der Waals surface area contributed by atoms with Crippen LogP contribution in [0.5, 0.6) is 5.75 Å². The number of carbonyl (C=O) groups excluding carboxylic acids is 2. The third-order valence-electron chi connectivity index (χ3n) is 3.02. The van der Waals surface area contributed by atoms with Gasteiger partial charge in [-0.2, -0.15) is 0 Å². The van der Waals surface area contributed by atoms with Gasteiger partial charge in [-0.25, -0.2) is 0 Å². The molecule has 0 radical (unpaired) electrons. The monoisotopic (exact) mass is 303 g/mol. The van der Waals surface area contributed by atoms with Crippen molar-refractivity contribution in [2.75, 3.05) is 6.61 Å². The van der Waals surface area contributed by atoms with Gasteiger partial charge < -0.3 is 9.26 Å². The molecule has 2 rings (SSSR count). The molecule has 2 aromatic rings. The van der Waals surface area contributed by atoms with Crippen molar-refractivity contribution in [3.8, 4) is 5.75 Å². The van der Waals surface area contributed by atoms with Gasteiger partial charge >= 0.3 is 5.91 Å². The summed E-state index contributed by atoms with van der Waals surface area (Å²) >= 11 is 0. The molecule has 0 aliphatic rings. The first kappa shape index (κ1) is 15.6. The standard InChI is InChI=1S/C15H17N3O4/c1-9-4-5-12(6-10(9)2)21-8-14(19)16-17-15(20)13-7-11(3)18-22-13/h4-7H,8H2,1-3H3,(H,16,19)(H,17,20). The molecule has 1 aromatic carbocycles. The molecule has 7 nitrogen and oxygen atoms in total. The van der Waals surface area contributed by atoms with Crippen molar-refractivity contribution in [3.63, 3.8) is 0 Å². The topological polar surface area (TPSA) is 93.5 Å². The van der Waals surface area contributed by atoms with Crippen LogP contribution in [0.25, 0.3) is 0 Å². The highest BCUT2D eigenvalue weighted by Crippen LogP contribution is 2.16. The Hall–Kier alpha value is -2.83. The van der Waals surface area contributed by atoms with Gasteiger partial charge in [0.1, 0.15) is 5.75 Å². The maximum atomic E-state index is 11.6. The first-order valence-corrected chi connectivity index (χ1v) is 6.68. The highest BCUT2D eigenvalue weighted by Gasteiger charge is 2.12. The van der Waals surface area contributed by atoms with Gasteiger partial charge in [-0.05, 0) is 44.0 Å². The van der Waals surface area contributed by atoms with Gasteiger partial charge in [0.05, 0.1) is 5.69 Å². The Kier molecular flexibility index (Phi) is 4.77. The summed E-state index contributed by atoms with van der Waals surface area (Å²) in [5.41, 5.74) is 7.25. The summed E-state index contributed by atoms with van der Waals surface area (Å²) in [5.74, 6) is -0.453. The van der Waals surface area contributed by atoms with Crippen molar-refractivity contribution in [1.82, 2.24) is 16.0 Å². The molecule has 0 fully saturated rings. The molecular formula is C15H17N3O4. The second-order valence-corrected chi connectivity index (χ2v) is 4.87. The summed E-state index contributed by atoms with van der Waals surface area (Å²) < 4.78 is 10.1. The number of nitrogens with zero attached hydrogens (tertiary/aromatic N) is 1. The number of hydrogen-bond donors (Lipinski definition) is 2. The number of benzene rings is 1. The quantitative estimate of drug-likeness (QED) is 0.834. The van der Waals surface area contributed by atoms with E-state index in [1.165, 1.54) is 6.07 Å². The van der Waals surface area contributed by atoms with E-state index in [0.29, 0.717) is 11.4 Å². The zero-order valence-electron chi connectivity index (χ0n) is 12.6. The first-order chi connectivity index (χ1) is 10.5. The van der Waals surface area contributed by atoms with E-state index in [1.807, 2.05) is 26.0 Å². The van der Waals surface area contributed by atoms with Crippen LogP contribution in [0.1, 0.15) is 27.4 Å². The van der Waals surface area contributed by atoms with E-state index in [4.69, 9.17) is 9.26 Å². The molecule has 2 N–H and O–H groups in total. The molecule has 7 heteroatoms. The smallest absolute Gasteiger partial charge is 0.308 e. The van der Waals surface area contributed by atoms with Crippen LogP contribution in [0.3, 0.4) is 0 Å². The van der Waals surface area contributed by atoms with E-state index in [2.05, 4.69) is 16.0 Å². The number of aromatic nitrogens is 1. The molecular weight excluding hydrogens is 286 g/mol. The largest absolute Gasteiger partial charge is 0.484 e. The fourth-order valence-electron chi connectivity index (χ4n) is 1.65. The molecule has 0 saturated heterocycles. The fourth-order valence-corrected chi connectivity index (χ4v) is 1.65. The highest BCUT2D eigenvalue weighted by atomic mass is 16.5. The maximum Gasteiger partial charge on any atom is 0.308 e. The van der Waals surface area contributed by atoms with Crippen molar-refractivity contribution in [2.24, 2.45) is 0 Å². The molecule has 22 heavy (non-hydrogen) atoms. The predicted octanol–water partition coefficient (Wildman–Crippen LogP) is 1.44. The van der Waals surface area contributed by atoms with E-state index in [0.717, 1.165) is 11.1 Å². The molecule has 0 spiro atoms. The third-order valence-corrected chi connectivity index (χ3v) is 3.02. The van der Waals surface area contributed by atoms with Crippen LogP contribution in [-0.2, 0) is 4.79 Å². The Morgan fingerprint density at radius 1 is 1.14 bits per heavy atom. The second kappa shape index (κ2) is 6.75. The normalized spacial score (nSPS) is 10.1. The lowest BCUT2D eigenvalue weighted by Crippen LogP contribution is -2.43. The van der Waals surface area contributed by atoms with Crippen LogP contribution in [-0.4, -0.2) is 23.6 Å². The van der Waals surface area contributed by atoms with Crippen LogP contribution in [0.2, 0.25) is 0 Å². The van der Waals surface area contributed by atoms with Crippen molar-refractivity contribution in [1.29, 1.82) is 0 Å². The number of hydrogen-bond acceptors (Lipinski definition) is 5. The van der Waals surface area contributed by atoms with Crippen LogP contribution in [0.15, 0.2) is 28.8 Å². The Bertz CT molecular complexity index is 694. The van der Waals surface area contributed by atoms with E-state index in [1.54, 1.807) is 13.0 Å². The highest BCUT2D eigenvalue weighted by molar-refractivity contribution is 5.93. The van der Waals surface area contributed by atoms with Gasteiger partial charge in [0, 0.05) is 6.07 Å². The summed E-state index contributed by atoms with van der Waals surface area (Å²) in [7, 11) is 0. The molecule has 0 atom stereocenters. The number of hydrazine groups is 1. The molecule has 1 heterocycles. The lowest BCUT2D eigenvalue weighted by Gasteiger charge is -2.09. The molecule has 2 amide bonds. The van der Waals surface area contributed by atoms with Gasteiger partial charge in [0.2, 0.25) is 5.76 Å². The number of nitrogens with one attached hydrogen (secondary N) is 2. The summed E-state index contributed by atoms with van der Waals surface area (Å²) in [6.07, 6.45) is 0. The maximum absolute atomic E-state index is 11.6. The summed E-state index contributed by atoms with van der Waals surface area (Å²) in [4.78, 5) is 23.2. The second-order valence-electron chi connectivity index (χ2n) is 4.87. The van der Waals surface area contributed by atoms with Gasteiger partial charge in [-0.3, -0.25) is 20.4 Å². The van der Waals surface area contributed by atoms with E-state index in [-0.39, 0.29) is 12.4 Å². The van der Waals surface area contributed by atoms with Gasteiger partial charge in [-0.15, -0.1) is 0 Å². The number of carbonyl (C=O) groups is 2. The Labute approximate surface area is 127 Å². The third kappa shape index (κ3) is 4.08. The molecule has 0 unspecified atom stereocenters. The number of ether oxygens (including phenoxy) is 1. The molecule has 116 valence electrons. The summed E-state index contributed by atoms with van der Waals surface area (Å²) in [6.45, 7) is 5.43. The van der Waals surface area contributed by atoms with Gasteiger partial charge in [0.25, 0.3) is 5.91 Å². The van der Waals surface area contributed by atoms with E-state index < -0.39 is 11.8 Å². The summed E-state index contributed by atoms with van der Waals surface area (Å²) in [6, 6.07) is 7.01. The van der Waals surface area contributed by atoms with Crippen molar-refractivity contribution < 1.29 is 18.8 Å². The minimum atomic E-state index is -0.583. The zero-order chi connectivity index (χ0) is 16.1. The number of amides is 2. The van der Waals surface area contributed by atoms with Crippen molar-refractivity contribution >= 4 is 11.8 Å². The van der Waals surface area contributed by atoms with Crippen molar-refractivity contribution in [2.45, 2.75) is 20.8 Å². The first-order valence-electron chi connectivity index (χ1n) is 6.68. The van der Waals surface area contributed by atoms with Gasteiger partial charge in [0.15, 0.2) is 6.61 Å². The minimum absolute atomic E-state index is 0.0212. The van der Waals surface area contributed by atoms with Crippen LogP contribution >= 0.6 is 0 Å². The Balaban J connectivity index is 1.78. The van der Waals surface area contributed by atoms with Crippen LogP contribution in [0.4, 0.5) is 0 Å². The Morgan fingerprint density at radius 3 is 2.55 bits per heavy atom. The molecule has 0 bridgehead atoms. The Morgan fingerprint density at radius 2 is 1.91 bits per heavy atom. The van der Waals surface area contributed by atoms with Crippen LogP contribution in [0, 0.1) is 20.8 Å². The average Bonchev–Trinajstić information content (AvgIpc) is 2.92. The zero-order valence-corrected chi connectivity index (χ0v) is 12.6. The van der Waals surface area contributed by atoms with Crippen LogP contribution < -0.4 is 15.6 Å². The van der Waals surface area contributed by atoms with E-state index in [9.17, 15) is 9.59 Å². The predicted molar refractivity (Wildman–Crippen MR) is 78.3 cm³/mol. The fraction of sp³-hybridized carbons (Fsp3) is 0.267. The molecule has 0 saturated carbocycles. The van der Waals surface area contributed by atoms with Crippen molar-refractivity contribution in [3.05, 3.63) is 46.8 Å². The molecule has 1 aromatic heterocycles. The minimum Gasteiger partial charge on any atom is -0.484 e. The lowest BCUT2D eigenvalue weighted by atomic mass is 10.1. The van der Waals surface area contributed by atoms with Gasteiger partial charge in [-0.1, -0.05) is 11.2 Å². The van der Waals surface area contributed by atoms with E-state index >= 15 is 0 Å².